The molecule has 0 atom stereocenters. The molecule has 1 saturated heterocycles. The number of carbonyl (C=O) groups is 1. The molecule has 7 heteroatoms. The Labute approximate surface area is 140 Å². The Morgan fingerprint density at radius 3 is 2.58 bits per heavy atom. The van der Waals surface area contributed by atoms with Crippen LogP contribution in [-0.2, 0) is 4.74 Å². The molecule has 2 aliphatic rings. The highest BCUT2D eigenvalue weighted by molar-refractivity contribution is 6.00. The van der Waals surface area contributed by atoms with Crippen LogP contribution in [0, 0.1) is 10.1 Å². The van der Waals surface area contributed by atoms with Crippen molar-refractivity contribution in [3.05, 3.63) is 33.9 Å². The second-order valence-corrected chi connectivity index (χ2v) is 7.44. The van der Waals surface area contributed by atoms with Gasteiger partial charge in [0.2, 0.25) is 0 Å². The summed E-state index contributed by atoms with van der Waals surface area (Å²) in [5.74, 6) is -0.265. The highest BCUT2D eigenvalue weighted by atomic mass is 16.6. The number of nitro groups is 1. The zero-order valence-electron chi connectivity index (χ0n) is 14.1. The van der Waals surface area contributed by atoms with Crippen LogP contribution in [-0.4, -0.2) is 40.0 Å². The van der Waals surface area contributed by atoms with Crippen molar-refractivity contribution in [2.45, 2.75) is 50.7 Å². The highest BCUT2D eigenvalue weighted by Gasteiger charge is 2.47. The number of benzene rings is 1. The third-order valence-corrected chi connectivity index (χ3v) is 4.82. The number of ether oxygens (including phenoxy) is 1. The molecule has 0 radical (unpaired) electrons. The molecule has 1 spiro atoms. The van der Waals surface area contributed by atoms with Gasteiger partial charge in [-0.25, -0.2) is 0 Å². The van der Waals surface area contributed by atoms with Crippen LogP contribution in [0.2, 0.25) is 0 Å². The number of nitrogen functional groups attached to an aromatic ring is 1. The fraction of sp³-hybridized carbons (Fsp3) is 0.588. The monoisotopic (exact) mass is 333 g/mol. The van der Waals surface area contributed by atoms with Gasteiger partial charge in [-0.2, -0.15) is 0 Å². The lowest BCUT2D eigenvalue weighted by molar-refractivity contribution is -0.384. The van der Waals surface area contributed by atoms with Crippen LogP contribution in [0.1, 0.15) is 49.9 Å². The van der Waals surface area contributed by atoms with Crippen molar-refractivity contribution in [3.8, 4) is 0 Å². The molecule has 1 heterocycles. The quantitative estimate of drug-likeness (QED) is 0.510. The number of non-ortho nitro benzene ring substituents is 1. The van der Waals surface area contributed by atoms with E-state index in [0.29, 0.717) is 13.1 Å². The Hall–Kier alpha value is -2.15. The van der Waals surface area contributed by atoms with Crippen molar-refractivity contribution in [3.63, 3.8) is 0 Å². The number of nitrogens with two attached hydrogens (primary N) is 1. The molecule has 3 rings (SSSR count). The Morgan fingerprint density at radius 2 is 1.96 bits per heavy atom. The minimum Gasteiger partial charge on any atom is -0.398 e. The molecule has 1 aromatic rings. The van der Waals surface area contributed by atoms with Gasteiger partial charge in [-0.3, -0.25) is 14.9 Å². The molecule has 1 saturated carbocycles. The molecule has 0 bridgehead atoms. The van der Waals surface area contributed by atoms with Gasteiger partial charge in [0, 0.05) is 24.4 Å². The summed E-state index contributed by atoms with van der Waals surface area (Å²) < 4.78 is 6.30. The average molecular weight is 333 g/mol. The lowest BCUT2D eigenvalue weighted by atomic mass is 9.93. The van der Waals surface area contributed by atoms with Gasteiger partial charge in [-0.05, 0) is 32.8 Å². The molecule has 2 N–H and O–H groups in total. The summed E-state index contributed by atoms with van der Waals surface area (Å²) in [4.78, 5) is 25.2. The molecule has 130 valence electrons. The van der Waals surface area contributed by atoms with E-state index in [0.717, 1.165) is 25.7 Å². The van der Waals surface area contributed by atoms with Crippen molar-refractivity contribution in [2.75, 3.05) is 18.8 Å². The summed E-state index contributed by atoms with van der Waals surface area (Å²) in [6.07, 6.45) is 4.06. The van der Waals surface area contributed by atoms with E-state index in [2.05, 4.69) is 0 Å². The number of anilines is 1. The summed E-state index contributed by atoms with van der Waals surface area (Å²) in [6, 6.07) is 4.00. The summed E-state index contributed by atoms with van der Waals surface area (Å²) in [6.45, 7) is 4.90. The van der Waals surface area contributed by atoms with Gasteiger partial charge in [0.1, 0.15) is 0 Å². The molecular weight excluding hydrogens is 310 g/mol. The molecule has 1 aromatic carbocycles. The summed E-state index contributed by atoms with van der Waals surface area (Å²) in [5.41, 5.74) is 5.48. The van der Waals surface area contributed by atoms with Gasteiger partial charge in [0.15, 0.2) is 0 Å². The first-order valence-electron chi connectivity index (χ1n) is 8.25. The van der Waals surface area contributed by atoms with E-state index in [4.69, 9.17) is 10.5 Å². The zero-order valence-corrected chi connectivity index (χ0v) is 14.1. The van der Waals surface area contributed by atoms with E-state index in [9.17, 15) is 14.9 Å². The normalized spacial score (nSPS) is 21.8. The van der Waals surface area contributed by atoms with Crippen molar-refractivity contribution in [2.24, 2.45) is 0 Å². The van der Waals surface area contributed by atoms with Gasteiger partial charge < -0.3 is 15.4 Å². The van der Waals surface area contributed by atoms with Crippen LogP contribution in [0.3, 0.4) is 0 Å². The fourth-order valence-electron chi connectivity index (χ4n) is 3.95. The lowest BCUT2D eigenvalue weighted by Crippen LogP contribution is -2.60. The third-order valence-electron chi connectivity index (χ3n) is 4.82. The first-order valence-corrected chi connectivity index (χ1v) is 8.25. The van der Waals surface area contributed by atoms with Gasteiger partial charge in [-0.1, -0.05) is 12.8 Å². The van der Waals surface area contributed by atoms with Gasteiger partial charge in [0.05, 0.1) is 28.2 Å². The van der Waals surface area contributed by atoms with E-state index in [-0.39, 0.29) is 28.4 Å². The smallest absolute Gasteiger partial charge is 0.270 e. The maximum atomic E-state index is 13.0. The Kier molecular flexibility index (Phi) is 3.99. The molecule has 24 heavy (non-hydrogen) atoms. The predicted octanol–water partition coefficient (Wildman–Crippen LogP) is 2.74. The second kappa shape index (κ2) is 5.73. The summed E-state index contributed by atoms with van der Waals surface area (Å²) in [5, 5.41) is 11.0. The number of amides is 1. The van der Waals surface area contributed by atoms with E-state index < -0.39 is 10.5 Å². The topological polar surface area (TPSA) is 98.7 Å². The van der Waals surface area contributed by atoms with Crippen LogP contribution in [0.4, 0.5) is 11.4 Å². The molecule has 1 aliphatic carbocycles. The minimum atomic E-state index is -0.516. The average Bonchev–Trinajstić information content (AvgIpc) is 2.92. The van der Waals surface area contributed by atoms with Crippen LogP contribution in [0.25, 0.3) is 0 Å². The maximum absolute atomic E-state index is 13.0. The molecule has 0 unspecified atom stereocenters. The van der Waals surface area contributed by atoms with E-state index >= 15 is 0 Å². The predicted molar refractivity (Wildman–Crippen MR) is 89.8 cm³/mol. The first kappa shape index (κ1) is 16.7. The molecule has 0 aromatic heterocycles. The lowest BCUT2D eigenvalue weighted by Gasteiger charge is -2.48. The Balaban J connectivity index is 1.91. The van der Waals surface area contributed by atoms with Crippen molar-refractivity contribution < 1.29 is 14.5 Å². The second-order valence-electron chi connectivity index (χ2n) is 7.44. The van der Waals surface area contributed by atoms with Gasteiger partial charge >= 0.3 is 0 Å². The number of rotatable bonds is 2. The molecule has 1 aliphatic heterocycles. The molecule has 2 fully saturated rings. The van der Waals surface area contributed by atoms with Crippen molar-refractivity contribution in [1.82, 2.24) is 4.90 Å². The standard InChI is InChI=1S/C17H23N3O4/c1-16(2)10-19(11-17(24-16)7-3-4-8-17)15(21)13-9-12(20(22)23)5-6-14(13)18/h5-6,9H,3-4,7-8,10-11,18H2,1-2H3. The number of hydrogen-bond acceptors (Lipinski definition) is 5. The fourth-order valence-corrected chi connectivity index (χ4v) is 3.95. The Morgan fingerprint density at radius 1 is 1.29 bits per heavy atom. The molecule has 7 nitrogen and oxygen atoms in total. The molecular formula is C17H23N3O4. The van der Waals surface area contributed by atoms with Crippen LogP contribution >= 0.6 is 0 Å². The van der Waals surface area contributed by atoms with Crippen LogP contribution < -0.4 is 5.73 Å². The van der Waals surface area contributed by atoms with Crippen LogP contribution in [0.15, 0.2) is 18.2 Å². The summed E-state index contributed by atoms with van der Waals surface area (Å²) >= 11 is 0. The Bertz CT molecular complexity index is 680. The largest absolute Gasteiger partial charge is 0.398 e. The van der Waals surface area contributed by atoms with Gasteiger partial charge in [0.25, 0.3) is 11.6 Å². The van der Waals surface area contributed by atoms with Gasteiger partial charge in [-0.15, -0.1) is 0 Å². The van der Waals surface area contributed by atoms with E-state index in [1.54, 1.807) is 4.90 Å². The number of nitrogens with zero attached hydrogens (tertiary/aromatic N) is 2. The number of morpholine rings is 1. The first-order chi connectivity index (χ1) is 11.2. The van der Waals surface area contributed by atoms with Crippen LogP contribution in [0.5, 0.6) is 0 Å². The number of carbonyl (C=O) groups excluding carboxylic acids is 1. The maximum Gasteiger partial charge on any atom is 0.270 e. The van der Waals surface area contributed by atoms with Crippen molar-refractivity contribution >= 4 is 17.3 Å². The minimum absolute atomic E-state index is 0.129. The zero-order chi connectivity index (χ0) is 17.5. The van der Waals surface area contributed by atoms with E-state index in [1.165, 1.54) is 18.2 Å². The molecule has 1 amide bonds. The van der Waals surface area contributed by atoms with E-state index in [1.807, 2.05) is 13.8 Å². The highest BCUT2D eigenvalue weighted by Crippen LogP contribution is 2.41. The number of nitro benzene ring substituents is 1. The van der Waals surface area contributed by atoms with Crippen molar-refractivity contribution in [1.29, 1.82) is 0 Å². The third kappa shape index (κ3) is 3.08. The number of hydrogen-bond donors (Lipinski definition) is 1. The SMILES string of the molecule is CC1(C)CN(C(=O)c2cc([N+](=O)[O-])ccc2N)CC2(CCCC2)O1. The summed E-state index contributed by atoms with van der Waals surface area (Å²) in [7, 11) is 0.